The summed E-state index contributed by atoms with van der Waals surface area (Å²) in [7, 11) is 0. The van der Waals surface area contributed by atoms with Crippen LogP contribution in [0.2, 0.25) is 0 Å². The number of carbonyl (C=O) groups excluding carboxylic acids is 4. The maximum Gasteiger partial charge on any atom is 0.416 e. The molecule has 0 N–H and O–H groups in total. The van der Waals surface area contributed by atoms with E-state index in [1.54, 1.807) is 0 Å². The van der Waals surface area contributed by atoms with Crippen molar-refractivity contribution in [2.75, 3.05) is 0 Å². The first-order chi connectivity index (χ1) is 7.02. The van der Waals surface area contributed by atoms with E-state index in [-0.39, 0.29) is 0 Å². The van der Waals surface area contributed by atoms with Gasteiger partial charge in [-0.2, -0.15) is 0 Å². The quantitative estimate of drug-likeness (QED) is 0.253. The Labute approximate surface area is 83.8 Å². The Balaban J connectivity index is 3.90. The molecule has 7 heteroatoms. The van der Waals surface area contributed by atoms with Crippen LogP contribution in [0.1, 0.15) is 0 Å². The van der Waals surface area contributed by atoms with E-state index in [4.69, 9.17) is 0 Å². The summed E-state index contributed by atoms with van der Waals surface area (Å²) in [6, 6.07) is 0. The molecule has 0 radical (unpaired) electrons. The maximum atomic E-state index is 10.5. The van der Waals surface area contributed by atoms with E-state index in [0.29, 0.717) is 12.2 Å². The predicted molar refractivity (Wildman–Crippen MR) is 43.7 cm³/mol. The van der Waals surface area contributed by atoms with Crippen LogP contribution in [0.4, 0.5) is 0 Å². The van der Waals surface area contributed by atoms with Gasteiger partial charge in [-0.3, -0.25) is 19.4 Å². The Morgan fingerprint density at radius 1 is 0.800 bits per heavy atom. The summed E-state index contributed by atoms with van der Waals surface area (Å²) in [6.07, 6.45) is 1.34. The molecule has 0 spiro atoms. The van der Waals surface area contributed by atoms with Gasteiger partial charge in [-0.15, -0.1) is 0 Å². The van der Waals surface area contributed by atoms with Crippen LogP contribution in [-0.4, -0.2) is 23.5 Å². The Hall–Kier alpha value is -2.28. The third kappa shape index (κ3) is 4.48. The van der Waals surface area contributed by atoms with Crippen LogP contribution >= 0.6 is 0 Å². The van der Waals surface area contributed by atoms with Crippen molar-refractivity contribution in [3.63, 3.8) is 0 Å². The smallest absolute Gasteiger partial charge is 0.282 e. The second kappa shape index (κ2) is 6.22. The van der Waals surface area contributed by atoms with Crippen LogP contribution in [0.5, 0.6) is 0 Å². The molecular weight excluding hydrogens is 208 g/mol. The van der Waals surface area contributed by atoms with Gasteiger partial charge in [0.05, 0.1) is 0 Å². The number of ketones is 2. The molecule has 0 aliphatic rings. The Bertz CT molecular complexity index is 296. The summed E-state index contributed by atoms with van der Waals surface area (Å²) in [4.78, 5) is 49.4. The number of rotatable bonds is 6. The lowest BCUT2D eigenvalue weighted by atomic mass is 10.4. The van der Waals surface area contributed by atoms with Crippen LogP contribution in [-0.2, 0) is 34.0 Å². The molecule has 0 aromatic rings. The van der Waals surface area contributed by atoms with Gasteiger partial charge in [-0.25, -0.2) is 9.59 Å². The molecule has 0 saturated carbocycles. The van der Waals surface area contributed by atoms with Gasteiger partial charge in [0.2, 0.25) is 0 Å². The van der Waals surface area contributed by atoms with Crippen molar-refractivity contribution in [3.05, 3.63) is 25.3 Å². The number of hydrogen-bond donors (Lipinski definition) is 0. The molecule has 0 saturated heterocycles. The van der Waals surface area contributed by atoms with Gasteiger partial charge < -0.3 is 0 Å². The van der Waals surface area contributed by atoms with Gasteiger partial charge in [0.15, 0.2) is 0 Å². The first kappa shape index (κ1) is 12.7. The Kier molecular flexibility index (Phi) is 5.27. The van der Waals surface area contributed by atoms with Crippen LogP contribution in [0.3, 0.4) is 0 Å². The van der Waals surface area contributed by atoms with Gasteiger partial charge in [-0.05, 0) is 12.2 Å². The molecule has 0 aliphatic carbocycles. The zero-order valence-corrected chi connectivity index (χ0v) is 7.43. The molecule has 0 bridgehead atoms. The monoisotopic (exact) mass is 214 g/mol. The second-order valence-corrected chi connectivity index (χ2v) is 1.95. The highest BCUT2D eigenvalue weighted by molar-refractivity contribution is 6.38. The highest BCUT2D eigenvalue weighted by atomic mass is 17.5. The van der Waals surface area contributed by atoms with Crippen molar-refractivity contribution in [1.82, 2.24) is 0 Å². The maximum absolute atomic E-state index is 10.5. The van der Waals surface area contributed by atoms with Gasteiger partial charge in [0.1, 0.15) is 0 Å². The summed E-state index contributed by atoms with van der Waals surface area (Å²) < 4.78 is 0. The van der Waals surface area contributed by atoms with Crippen LogP contribution < -0.4 is 0 Å². The average Bonchev–Trinajstić information content (AvgIpc) is 2.26. The van der Waals surface area contributed by atoms with E-state index in [2.05, 4.69) is 28.0 Å². The molecule has 0 aliphatic heterocycles. The summed E-state index contributed by atoms with van der Waals surface area (Å²) >= 11 is 0. The molecule has 0 amide bonds. The largest absolute Gasteiger partial charge is 0.416 e. The molecular formula is C8H6O7. The molecule has 0 aromatic heterocycles. The van der Waals surface area contributed by atoms with Crippen molar-refractivity contribution >= 4 is 23.5 Å². The van der Waals surface area contributed by atoms with E-state index in [0.717, 1.165) is 0 Å². The van der Waals surface area contributed by atoms with E-state index in [1.807, 2.05) is 0 Å². The molecule has 15 heavy (non-hydrogen) atoms. The third-order valence-electron chi connectivity index (χ3n) is 0.993. The van der Waals surface area contributed by atoms with Crippen LogP contribution in [0.15, 0.2) is 25.3 Å². The molecule has 80 valence electrons. The fraction of sp³-hybridized carbons (Fsp3) is 0. The predicted octanol–water partition coefficient (Wildman–Crippen LogP) is -0.570. The lowest BCUT2D eigenvalue weighted by molar-refractivity contribution is -0.455. The lowest BCUT2D eigenvalue weighted by Crippen LogP contribution is -2.19. The van der Waals surface area contributed by atoms with E-state index < -0.39 is 23.5 Å². The third-order valence-corrected chi connectivity index (χ3v) is 0.993. The highest BCUT2D eigenvalue weighted by Gasteiger charge is 2.17. The van der Waals surface area contributed by atoms with E-state index in [1.165, 1.54) is 0 Å². The minimum atomic E-state index is -1.44. The normalized spacial score (nSPS) is 8.53. The van der Waals surface area contributed by atoms with Crippen molar-refractivity contribution in [2.45, 2.75) is 0 Å². The fourth-order valence-corrected chi connectivity index (χ4v) is 0.328. The second-order valence-electron chi connectivity index (χ2n) is 1.95. The van der Waals surface area contributed by atoms with E-state index in [9.17, 15) is 19.2 Å². The van der Waals surface area contributed by atoms with Gasteiger partial charge in [-0.1, -0.05) is 13.2 Å². The van der Waals surface area contributed by atoms with E-state index >= 15 is 0 Å². The zero-order valence-electron chi connectivity index (χ0n) is 7.43. The van der Waals surface area contributed by atoms with Crippen molar-refractivity contribution in [1.29, 1.82) is 0 Å². The number of carbonyl (C=O) groups is 4. The first-order valence-corrected chi connectivity index (χ1v) is 3.45. The molecule has 0 rings (SSSR count). The highest BCUT2D eigenvalue weighted by Crippen LogP contribution is 1.89. The van der Waals surface area contributed by atoms with Crippen LogP contribution in [0, 0.1) is 0 Å². The molecule has 0 atom stereocenters. The summed E-state index contributed by atoms with van der Waals surface area (Å²) in [5.74, 6) is -5.07. The Morgan fingerprint density at radius 3 is 1.40 bits per heavy atom. The zero-order chi connectivity index (χ0) is 11.8. The SMILES string of the molecule is C=CC(=O)C(=O)OOOC(=O)C(=O)C=C. The summed E-state index contributed by atoms with van der Waals surface area (Å²) in [5, 5.41) is 3.57. The first-order valence-electron chi connectivity index (χ1n) is 3.45. The number of hydrogen-bond acceptors (Lipinski definition) is 7. The van der Waals surface area contributed by atoms with Crippen molar-refractivity contribution < 1.29 is 34.0 Å². The lowest BCUT2D eigenvalue weighted by Gasteiger charge is -1.97. The minimum absolute atomic E-state index is 0.669. The molecule has 7 nitrogen and oxygen atoms in total. The average molecular weight is 214 g/mol. The summed E-state index contributed by atoms with van der Waals surface area (Å²) in [6.45, 7) is 5.97. The molecule has 0 heterocycles. The summed E-state index contributed by atoms with van der Waals surface area (Å²) in [5.41, 5.74) is 0. The van der Waals surface area contributed by atoms with Crippen molar-refractivity contribution in [3.8, 4) is 0 Å². The fourth-order valence-electron chi connectivity index (χ4n) is 0.328. The minimum Gasteiger partial charge on any atom is -0.282 e. The molecule has 0 fully saturated rings. The van der Waals surface area contributed by atoms with Crippen molar-refractivity contribution in [2.24, 2.45) is 0 Å². The Morgan fingerprint density at radius 2 is 1.13 bits per heavy atom. The van der Waals surface area contributed by atoms with Gasteiger partial charge in [0.25, 0.3) is 11.6 Å². The molecule has 0 unspecified atom stereocenters. The van der Waals surface area contributed by atoms with Gasteiger partial charge >= 0.3 is 11.9 Å². The molecule has 0 aromatic carbocycles. The van der Waals surface area contributed by atoms with Crippen LogP contribution in [0.25, 0.3) is 0 Å². The standard InChI is InChI=1S/C8H6O7/c1-3-5(9)7(11)13-15-14-8(12)6(10)4-2/h3-4H,1-2H2. The van der Waals surface area contributed by atoms with Gasteiger partial charge in [0, 0.05) is 5.04 Å². The topological polar surface area (TPSA) is 96.0 Å².